The molecule has 0 bridgehead atoms. The molecule has 0 aromatic carbocycles. The van der Waals surface area contributed by atoms with Crippen LogP contribution in [0.5, 0.6) is 0 Å². The van der Waals surface area contributed by atoms with Gasteiger partial charge in [0.1, 0.15) is 5.76 Å². The van der Waals surface area contributed by atoms with E-state index in [1.165, 1.54) is 0 Å². The van der Waals surface area contributed by atoms with Crippen LogP contribution in [0.15, 0.2) is 16.5 Å². The van der Waals surface area contributed by atoms with E-state index in [4.69, 9.17) is 4.42 Å². The van der Waals surface area contributed by atoms with E-state index in [1.807, 2.05) is 17.9 Å². The van der Waals surface area contributed by atoms with E-state index in [9.17, 15) is 4.79 Å². The number of hydrogen-bond donors (Lipinski definition) is 1. The van der Waals surface area contributed by atoms with Crippen LogP contribution < -0.4 is 5.32 Å². The van der Waals surface area contributed by atoms with Gasteiger partial charge in [0, 0.05) is 19.1 Å². The molecule has 1 saturated heterocycles. The topological polar surface area (TPSA) is 45.5 Å². The maximum atomic E-state index is 12.4. The molecule has 1 aromatic heterocycles. The molecule has 19 heavy (non-hydrogen) atoms. The minimum absolute atomic E-state index is 0.0292. The van der Waals surface area contributed by atoms with E-state index >= 15 is 0 Å². The Labute approximate surface area is 115 Å². The fourth-order valence-electron chi connectivity index (χ4n) is 2.87. The predicted molar refractivity (Wildman–Crippen MR) is 75.2 cm³/mol. The number of likely N-dealkylation sites (tertiary alicyclic amines) is 1. The van der Waals surface area contributed by atoms with Crippen molar-refractivity contribution in [3.05, 3.63) is 23.7 Å². The molecule has 1 aliphatic heterocycles. The Balaban J connectivity index is 2.01. The largest absolute Gasteiger partial charge is 0.456 e. The molecule has 4 nitrogen and oxygen atoms in total. The second-order valence-electron chi connectivity index (χ2n) is 5.28. The number of piperidine rings is 1. The van der Waals surface area contributed by atoms with Gasteiger partial charge in [-0.3, -0.25) is 4.79 Å². The molecule has 2 heterocycles. The summed E-state index contributed by atoms with van der Waals surface area (Å²) in [4.78, 5) is 14.3. The van der Waals surface area contributed by atoms with Gasteiger partial charge in [0.15, 0.2) is 5.76 Å². The van der Waals surface area contributed by atoms with Crippen LogP contribution in [-0.2, 0) is 0 Å². The molecular weight excluding hydrogens is 240 g/mol. The van der Waals surface area contributed by atoms with Crippen molar-refractivity contribution < 1.29 is 9.21 Å². The van der Waals surface area contributed by atoms with Gasteiger partial charge in [-0.05, 0) is 37.9 Å². The van der Waals surface area contributed by atoms with Crippen molar-refractivity contribution >= 4 is 5.91 Å². The average molecular weight is 264 g/mol. The van der Waals surface area contributed by atoms with Crippen LogP contribution in [0.2, 0.25) is 0 Å². The van der Waals surface area contributed by atoms with Crippen molar-refractivity contribution in [1.82, 2.24) is 10.2 Å². The molecule has 0 aliphatic carbocycles. The first kappa shape index (κ1) is 14.1. The summed E-state index contributed by atoms with van der Waals surface area (Å²) in [6, 6.07) is 4.16. The summed E-state index contributed by atoms with van der Waals surface area (Å²) in [5, 5.41) is 3.53. The highest BCUT2D eigenvalue weighted by Gasteiger charge is 2.31. The van der Waals surface area contributed by atoms with Crippen LogP contribution >= 0.6 is 0 Å². The Hall–Kier alpha value is -1.29. The second-order valence-corrected chi connectivity index (χ2v) is 5.28. The summed E-state index contributed by atoms with van der Waals surface area (Å²) in [5.74, 6) is 1.82. The Morgan fingerprint density at radius 3 is 2.84 bits per heavy atom. The third-order valence-electron chi connectivity index (χ3n) is 3.96. The van der Waals surface area contributed by atoms with Crippen molar-refractivity contribution in [1.29, 1.82) is 0 Å². The molecule has 106 valence electrons. The van der Waals surface area contributed by atoms with E-state index in [2.05, 4.69) is 19.2 Å². The van der Waals surface area contributed by atoms with Gasteiger partial charge in [0.2, 0.25) is 0 Å². The zero-order valence-corrected chi connectivity index (χ0v) is 12.1. The Bertz CT molecular complexity index is 428. The van der Waals surface area contributed by atoms with Gasteiger partial charge >= 0.3 is 0 Å². The van der Waals surface area contributed by atoms with Crippen LogP contribution in [0, 0.1) is 12.8 Å². The standard InChI is InChI=1S/C15H24N2O2/c1-4-12-10-17(9-8-13(12)16-5-2)15(18)14-7-6-11(3)19-14/h6-7,12-13,16H,4-5,8-10H2,1-3H3. The first-order valence-electron chi connectivity index (χ1n) is 7.24. The van der Waals surface area contributed by atoms with Gasteiger partial charge in [-0.15, -0.1) is 0 Å². The molecule has 1 fully saturated rings. The van der Waals surface area contributed by atoms with Gasteiger partial charge in [-0.25, -0.2) is 0 Å². The van der Waals surface area contributed by atoms with Gasteiger partial charge in [-0.1, -0.05) is 20.3 Å². The van der Waals surface area contributed by atoms with E-state index in [0.29, 0.717) is 17.7 Å². The summed E-state index contributed by atoms with van der Waals surface area (Å²) in [6.45, 7) is 8.82. The average Bonchev–Trinajstić information content (AvgIpc) is 2.85. The molecule has 2 atom stereocenters. The fourth-order valence-corrected chi connectivity index (χ4v) is 2.87. The van der Waals surface area contributed by atoms with Gasteiger partial charge in [-0.2, -0.15) is 0 Å². The highest BCUT2D eigenvalue weighted by Crippen LogP contribution is 2.22. The first-order valence-corrected chi connectivity index (χ1v) is 7.24. The van der Waals surface area contributed by atoms with Crippen LogP contribution in [0.25, 0.3) is 0 Å². The normalized spacial score (nSPS) is 23.6. The third-order valence-corrected chi connectivity index (χ3v) is 3.96. The number of nitrogens with zero attached hydrogens (tertiary/aromatic N) is 1. The summed E-state index contributed by atoms with van der Waals surface area (Å²) >= 11 is 0. The van der Waals surface area contributed by atoms with Gasteiger partial charge in [0.25, 0.3) is 5.91 Å². The molecule has 1 aliphatic rings. The van der Waals surface area contributed by atoms with E-state index < -0.39 is 0 Å². The maximum Gasteiger partial charge on any atom is 0.289 e. The molecule has 0 saturated carbocycles. The molecule has 4 heteroatoms. The van der Waals surface area contributed by atoms with E-state index in [1.54, 1.807) is 6.07 Å². The smallest absolute Gasteiger partial charge is 0.289 e. The summed E-state index contributed by atoms with van der Waals surface area (Å²) in [5.41, 5.74) is 0. The van der Waals surface area contributed by atoms with Crippen LogP contribution in [0.3, 0.4) is 0 Å². The number of furan rings is 1. The third kappa shape index (κ3) is 3.18. The van der Waals surface area contributed by atoms with Gasteiger partial charge < -0.3 is 14.6 Å². The predicted octanol–water partition coefficient (Wildman–Crippen LogP) is 2.44. The fraction of sp³-hybridized carbons (Fsp3) is 0.667. The lowest BCUT2D eigenvalue weighted by molar-refractivity contribution is 0.0595. The van der Waals surface area contributed by atoms with Crippen LogP contribution in [-0.4, -0.2) is 36.5 Å². The summed E-state index contributed by atoms with van der Waals surface area (Å²) < 4.78 is 5.43. The minimum Gasteiger partial charge on any atom is -0.456 e. The number of rotatable bonds is 4. The Kier molecular flexibility index (Phi) is 4.64. The van der Waals surface area contributed by atoms with Crippen molar-refractivity contribution in [2.75, 3.05) is 19.6 Å². The Morgan fingerprint density at radius 2 is 2.26 bits per heavy atom. The molecule has 0 radical (unpaired) electrons. The number of amides is 1. The zero-order chi connectivity index (χ0) is 13.8. The molecular formula is C15H24N2O2. The molecule has 1 aromatic rings. The molecule has 2 rings (SSSR count). The van der Waals surface area contributed by atoms with E-state index in [0.717, 1.165) is 38.2 Å². The number of carbonyl (C=O) groups excluding carboxylic acids is 1. The minimum atomic E-state index is 0.0292. The van der Waals surface area contributed by atoms with Crippen molar-refractivity contribution in [3.8, 4) is 0 Å². The molecule has 0 spiro atoms. The molecule has 1 N–H and O–H groups in total. The lowest BCUT2D eigenvalue weighted by atomic mass is 9.89. The summed E-state index contributed by atoms with van der Waals surface area (Å²) in [6.07, 6.45) is 2.12. The molecule has 2 unspecified atom stereocenters. The number of nitrogens with one attached hydrogen (secondary N) is 1. The van der Waals surface area contributed by atoms with Crippen molar-refractivity contribution in [2.24, 2.45) is 5.92 Å². The van der Waals surface area contributed by atoms with E-state index in [-0.39, 0.29) is 5.91 Å². The first-order chi connectivity index (χ1) is 9.15. The quantitative estimate of drug-likeness (QED) is 0.908. The monoisotopic (exact) mass is 264 g/mol. The van der Waals surface area contributed by atoms with Crippen molar-refractivity contribution in [2.45, 2.75) is 39.7 Å². The molecule has 1 amide bonds. The maximum absolute atomic E-state index is 12.4. The number of hydrogen-bond acceptors (Lipinski definition) is 3. The lowest BCUT2D eigenvalue weighted by Gasteiger charge is -2.38. The number of aryl methyl sites for hydroxylation is 1. The SMILES string of the molecule is CCNC1CCN(C(=O)c2ccc(C)o2)CC1CC. The Morgan fingerprint density at radius 1 is 1.47 bits per heavy atom. The summed E-state index contributed by atoms with van der Waals surface area (Å²) in [7, 11) is 0. The second kappa shape index (κ2) is 6.24. The van der Waals surface area contributed by atoms with Crippen LogP contribution in [0.1, 0.15) is 43.0 Å². The zero-order valence-electron chi connectivity index (χ0n) is 12.1. The lowest BCUT2D eigenvalue weighted by Crippen LogP contribution is -2.50. The highest BCUT2D eigenvalue weighted by molar-refractivity contribution is 5.91. The number of carbonyl (C=O) groups is 1. The van der Waals surface area contributed by atoms with Gasteiger partial charge in [0.05, 0.1) is 0 Å². The van der Waals surface area contributed by atoms with Crippen LogP contribution in [0.4, 0.5) is 0 Å². The van der Waals surface area contributed by atoms with Crippen molar-refractivity contribution in [3.63, 3.8) is 0 Å². The highest BCUT2D eigenvalue weighted by atomic mass is 16.3.